The van der Waals surface area contributed by atoms with Crippen LogP contribution in [-0.2, 0) is 0 Å². The van der Waals surface area contributed by atoms with Gasteiger partial charge >= 0.3 is 0 Å². The second kappa shape index (κ2) is 5.79. The zero-order valence-electron chi connectivity index (χ0n) is 10.9. The fourth-order valence-corrected chi connectivity index (χ4v) is 2.76. The lowest BCUT2D eigenvalue weighted by molar-refractivity contribution is 0.0733. The van der Waals surface area contributed by atoms with E-state index in [2.05, 4.69) is 0 Å². The minimum atomic E-state index is -2.28. The van der Waals surface area contributed by atoms with Crippen molar-refractivity contribution in [3.63, 3.8) is 0 Å². The number of nitrogens with zero attached hydrogens (tertiary/aromatic N) is 1. The number of benzene rings is 1. The predicted molar refractivity (Wildman–Crippen MR) is 65.6 cm³/mol. The zero-order valence-corrected chi connectivity index (χ0v) is 11.7. The summed E-state index contributed by atoms with van der Waals surface area (Å²) in [4.78, 5) is 12.9. The van der Waals surface area contributed by atoms with Gasteiger partial charge in [0.1, 0.15) is 5.56 Å². The van der Waals surface area contributed by atoms with Crippen molar-refractivity contribution in [3.05, 3.63) is 34.6 Å². The number of carbonyl (C=O) groups excluding carboxylic acids is 1. The van der Waals surface area contributed by atoms with E-state index in [1.165, 1.54) is 7.05 Å². The molecule has 0 atom stereocenters. The third kappa shape index (κ3) is 2.84. The van der Waals surface area contributed by atoms with Crippen molar-refractivity contribution in [1.29, 1.82) is 0 Å². The molecule has 1 fully saturated rings. The third-order valence-corrected chi connectivity index (χ3v) is 3.84. The van der Waals surface area contributed by atoms with E-state index in [1.54, 1.807) is 0 Å². The second-order valence-electron chi connectivity index (χ2n) is 5.07. The summed E-state index contributed by atoms with van der Waals surface area (Å²) in [7, 11) is 1.24. The Morgan fingerprint density at radius 2 is 1.48 bits per heavy atom. The van der Waals surface area contributed by atoms with Crippen LogP contribution in [0.15, 0.2) is 0 Å². The molecule has 8 heteroatoms. The molecule has 116 valence electrons. The molecule has 1 aliphatic rings. The van der Waals surface area contributed by atoms with Crippen molar-refractivity contribution >= 4 is 17.5 Å². The summed E-state index contributed by atoms with van der Waals surface area (Å²) >= 11 is 5.77. The number of alkyl halides is 1. The average molecular weight is 328 g/mol. The minimum absolute atomic E-state index is 0.00677. The molecule has 0 aromatic heterocycles. The highest BCUT2D eigenvalue weighted by Gasteiger charge is 2.34. The van der Waals surface area contributed by atoms with Gasteiger partial charge in [0.25, 0.3) is 5.91 Å². The van der Waals surface area contributed by atoms with Crippen LogP contribution >= 0.6 is 11.6 Å². The fourth-order valence-electron chi connectivity index (χ4n) is 2.26. The molecule has 0 N–H and O–H groups in total. The van der Waals surface area contributed by atoms with E-state index in [9.17, 15) is 26.7 Å². The van der Waals surface area contributed by atoms with Gasteiger partial charge < -0.3 is 4.90 Å². The SMILES string of the molecule is CN(CC1CC(Cl)C1)C(=O)c1c(F)c(F)c(F)c(F)c1F. The van der Waals surface area contributed by atoms with Crippen molar-refractivity contribution in [2.24, 2.45) is 5.92 Å². The maximum atomic E-state index is 13.5. The molecule has 2 rings (SSSR count). The van der Waals surface area contributed by atoms with Crippen LogP contribution in [0.4, 0.5) is 22.0 Å². The van der Waals surface area contributed by atoms with Crippen molar-refractivity contribution in [1.82, 2.24) is 4.90 Å². The fraction of sp³-hybridized carbons (Fsp3) is 0.462. The molecule has 2 nitrogen and oxygen atoms in total. The molecule has 0 unspecified atom stereocenters. The summed E-state index contributed by atoms with van der Waals surface area (Å²) < 4.78 is 66.1. The summed E-state index contributed by atoms with van der Waals surface area (Å²) in [5.41, 5.74) is -1.43. The van der Waals surface area contributed by atoms with Crippen LogP contribution in [0.5, 0.6) is 0 Å². The average Bonchev–Trinajstić information content (AvgIpc) is 2.41. The molecule has 1 aromatic rings. The van der Waals surface area contributed by atoms with E-state index in [0.29, 0.717) is 12.8 Å². The van der Waals surface area contributed by atoms with E-state index in [-0.39, 0.29) is 17.8 Å². The van der Waals surface area contributed by atoms with Gasteiger partial charge in [-0.1, -0.05) is 0 Å². The summed E-state index contributed by atoms with van der Waals surface area (Å²) in [5, 5.41) is -0.00677. The lowest BCUT2D eigenvalue weighted by Gasteiger charge is -2.34. The first-order chi connectivity index (χ1) is 9.73. The molecule has 0 aliphatic heterocycles. The van der Waals surface area contributed by atoms with Gasteiger partial charge in [-0.15, -0.1) is 11.6 Å². The highest BCUT2D eigenvalue weighted by Crippen LogP contribution is 2.33. The summed E-state index contributed by atoms with van der Waals surface area (Å²) in [5.74, 6) is -12.0. The van der Waals surface area contributed by atoms with Gasteiger partial charge in [-0.3, -0.25) is 4.79 Å². The topological polar surface area (TPSA) is 20.3 Å². The van der Waals surface area contributed by atoms with Crippen LogP contribution in [0.2, 0.25) is 0 Å². The Kier molecular flexibility index (Phi) is 4.41. The monoisotopic (exact) mass is 327 g/mol. The van der Waals surface area contributed by atoms with Crippen molar-refractivity contribution in [2.45, 2.75) is 18.2 Å². The third-order valence-electron chi connectivity index (χ3n) is 3.48. The molecular formula is C13H11ClF5NO. The smallest absolute Gasteiger partial charge is 0.259 e. The van der Waals surface area contributed by atoms with Crippen LogP contribution in [0.25, 0.3) is 0 Å². The highest BCUT2D eigenvalue weighted by atomic mass is 35.5. The quantitative estimate of drug-likeness (QED) is 0.360. The summed E-state index contributed by atoms with van der Waals surface area (Å²) in [6, 6.07) is 0. The van der Waals surface area contributed by atoms with Gasteiger partial charge in [-0.2, -0.15) is 0 Å². The molecule has 0 bridgehead atoms. The molecule has 1 amide bonds. The number of amides is 1. The Labute approximate surface area is 122 Å². The molecule has 0 heterocycles. The minimum Gasteiger partial charge on any atom is -0.341 e. The lowest BCUT2D eigenvalue weighted by Crippen LogP contribution is -2.38. The maximum absolute atomic E-state index is 13.5. The largest absolute Gasteiger partial charge is 0.341 e. The van der Waals surface area contributed by atoms with Gasteiger partial charge in [0.15, 0.2) is 23.3 Å². The van der Waals surface area contributed by atoms with Gasteiger partial charge in [-0.25, -0.2) is 22.0 Å². The van der Waals surface area contributed by atoms with Gasteiger partial charge in [0.2, 0.25) is 5.82 Å². The number of hydrogen-bond acceptors (Lipinski definition) is 1. The first-order valence-corrected chi connectivity index (χ1v) is 6.58. The van der Waals surface area contributed by atoms with Crippen LogP contribution < -0.4 is 0 Å². The Morgan fingerprint density at radius 1 is 1.05 bits per heavy atom. The van der Waals surface area contributed by atoms with E-state index >= 15 is 0 Å². The summed E-state index contributed by atoms with van der Waals surface area (Å²) in [6.07, 6.45) is 1.27. The summed E-state index contributed by atoms with van der Waals surface area (Å²) in [6.45, 7) is 0.140. The van der Waals surface area contributed by atoms with Crippen molar-refractivity contribution < 1.29 is 26.7 Å². The first-order valence-electron chi connectivity index (χ1n) is 6.15. The molecule has 1 saturated carbocycles. The van der Waals surface area contributed by atoms with Gasteiger partial charge in [0, 0.05) is 19.0 Å². The number of rotatable bonds is 3. The van der Waals surface area contributed by atoms with E-state index < -0.39 is 40.6 Å². The van der Waals surface area contributed by atoms with E-state index in [1.807, 2.05) is 0 Å². The zero-order chi connectivity index (χ0) is 15.9. The van der Waals surface area contributed by atoms with Crippen LogP contribution in [0.3, 0.4) is 0 Å². The normalized spacial score (nSPS) is 21.1. The van der Waals surface area contributed by atoms with E-state index in [0.717, 1.165) is 4.90 Å². The molecule has 1 aromatic carbocycles. The predicted octanol–water partition coefficient (Wildman–Crippen LogP) is 3.47. The number of halogens is 6. The Morgan fingerprint density at radius 3 is 1.90 bits per heavy atom. The molecule has 21 heavy (non-hydrogen) atoms. The van der Waals surface area contributed by atoms with Crippen molar-refractivity contribution in [2.75, 3.05) is 13.6 Å². The van der Waals surface area contributed by atoms with E-state index in [4.69, 9.17) is 11.6 Å². The second-order valence-corrected chi connectivity index (χ2v) is 5.68. The Hall–Kier alpha value is -1.37. The molecular weight excluding hydrogens is 317 g/mol. The maximum Gasteiger partial charge on any atom is 0.259 e. The first kappa shape index (κ1) is 16.0. The molecule has 0 saturated heterocycles. The molecule has 0 radical (unpaired) electrons. The van der Waals surface area contributed by atoms with Crippen LogP contribution in [-0.4, -0.2) is 29.8 Å². The lowest BCUT2D eigenvalue weighted by atomic mass is 9.84. The Balaban J connectivity index is 2.26. The molecule has 0 spiro atoms. The van der Waals surface area contributed by atoms with Crippen LogP contribution in [0, 0.1) is 35.0 Å². The van der Waals surface area contributed by atoms with Crippen molar-refractivity contribution in [3.8, 4) is 0 Å². The highest BCUT2D eigenvalue weighted by molar-refractivity contribution is 6.21. The van der Waals surface area contributed by atoms with Gasteiger partial charge in [-0.05, 0) is 18.8 Å². The number of carbonyl (C=O) groups is 1. The number of hydrogen-bond donors (Lipinski definition) is 0. The Bertz CT molecular complexity index is 559. The molecule has 1 aliphatic carbocycles. The van der Waals surface area contributed by atoms with Crippen LogP contribution in [0.1, 0.15) is 23.2 Å². The standard InChI is InChI=1S/C13H11ClF5NO/c1-20(4-5-2-6(14)3-5)13(21)7-8(15)10(17)12(19)11(18)9(7)16/h5-6H,2-4H2,1H3. The van der Waals surface area contributed by atoms with Gasteiger partial charge in [0.05, 0.1) is 0 Å².